The van der Waals surface area contributed by atoms with Crippen LogP contribution in [0.3, 0.4) is 0 Å². The Morgan fingerprint density at radius 1 is 1.14 bits per heavy atom. The standard InChI is InChI=1S/C12H3Cl3F6N4O3.Na.H/c13-4-1-3(11(16,17)18)6(14)7(15)8(4)24-9(5(2-22-24)25(27)28)23-10(26)12(19,20)21;;/h1-2H,(H,23,26);;. The van der Waals surface area contributed by atoms with Gasteiger partial charge < -0.3 is 0 Å². The van der Waals surface area contributed by atoms with Crippen molar-refractivity contribution in [2.45, 2.75) is 12.4 Å². The first-order valence-electron chi connectivity index (χ1n) is 6.52. The maximum absolute atomic E-state index is 12.9. The molecule has 1 aromatic carbocycles. The van der Waals surface area contributed by atoms with Crippen molar-refractivity contribution < 1.29 is 36.1 Å². The number of alkyl halides is 6. The van der Waals surface area contributed by atoms with Gasteiger partial charge in [0.25, 0.3) is 0 Å². The van der Waals surface area contributed by atoms with E-state index in [1.807, 2.05) is 0 Å². The molecule has 2 rings (SSSR count). The Morgan fingerprint density at radius 3 is 2.14 bits per heavy atom. The molecular formula is C12H4Cl3F6N4NaO3. The number of nitrogens with zero attached hydrogens (tertiary/aromatic N) is 3. The van der Waals surface area contributed by atoms with Gasteiger partial charge in [0.1, 0.15) is 11.9 Å². The van der Waals surface area contributed by atoms with Gasteiger partial charge in [0, 0.05) is 0 Å². The Labute approximate surface area is 193 Å². The first kappa shape index (κ1) is 25.8. The van der Waals surface area contributed by atoms with E-state index in [9.17, 15) is 41.3 Å². The number of nitro groups is 1. The molecule has 0 saturated heterocycles. The van der Waals surface area contributed by atoms with Crippen LogP contribution in [0.15, 0.2) is 12.3 Å². The molecule has 0 radical (unpaired) electrons. The summed E-state index contributed by atoms with van der Waals surface area (Å²) in [6.07, 6.45) is -9.98. The Kier molecular flexibility index (Phi) is 7.88. The van der Waals surface area contributed by atoms with Gasteiger partial charge in [0.05, 0.1) is 25.6 Å². The molecule has 0 spiro atoms. The molecule has 1 heterocycles. The second kappa shape index (κ2) is 8.86. The minimum atomic E-state index is -5.44. The quantitative estimate of drug-likeness (QED) is 0.221. The zero-order chi connectivity index (χ0) is 21.6. The van der Waals surface area contributed by atoms with Crippen LogP contribution in [0.4, 0.5) is 37.8 Å². The third kappa shape index (κ3) is 5.27. The number of benzene rings is 1. The summed E-state index contributed by atoms with van der Waals surface area (Å²) in [5.41, 5.74) is -3.29. The molecule has 1 amide bonds. The Bertz CT molecular complexity index is 979. The number of carbonyl (C=O) groups is 1. The Morgan fingerprint density at radius 2 is 1.69 bits per heavy atom. The molecule has 0 aliphatic rings. The zero-order valence-electron chi connectivity index (χ0n) is 12.6. The van der Waals surface area contributed by atoms with Gasteiger partial charge in [-0.25, -0.2) is 4.68 Å². The van der Waals surface area contributed by atoms with E-state index in [0.29, 0.717) is 12.3 Å². The number of carbonyl (C=O) groups excluding carboxylic acids is 1. The average molecular weight is 496 g/mol. The van der Waals surface area contributed by atoms with Crippen molar-refractivity contribution in [3.8, 4) is 5.69 Å². The molecule has 7 nitrogen and oxygen atoms in total. The second-order valence-electron chi connectivity index (χ2n) is 4.88. The fourth-order valence-electron chi connectivity index (χ4n) is 1.92. The number of aromatic nitrogens is 2. The summed E-state index contributed by atoms with van der Waals surface area (Å²) in [5.74, 6) is -3.76. The fourth-order valence-corrected chi connectivity index (χ4v) is 2.79. The van der Waals surface area contributed by atoms with E-state index in [0.717, 1.165) is 0 Å². The van der Waals surface area contributed by atoms with Crippen molar-refractivity contribution in [3.63, 3.8) is 0 Å². The van der Waals surface area contributed by atoms with Crippen LogP contribution in [0, 0.1) is 10.1 Å². The van der Waals surface area contributed by atoms with Crippen molar-refractivity contribution >= 4 is 81.8 Å². The number of hydrogen-bond donors (Lipinski definition) is 1. The SMILES string of the molecule is O=C(Nc1c([N+](=O)[O-])cnn1-c1c(Cl)cc(C(F)(F)F)c(Cl)c1Cl)C(F)(F)F.[NaH]. The molecule has 0 aliphatic carbocycles. The average Bonchev–Trinajstić information content (AvgIpc) is 2.92. The molecule has 0 fully saturated rings. The van der Waals surface area contributed by atoms with E-state index in [1.54, 1.807) is 0 Å². The summed E-state index contributed by atoms with van der Waals surface area (Å²) in [6.45, 7) is 0. The van der Waals surface area contributed by atoms with Gasteiger partial charge in [-0.3, -0.25) is 20.2 Å². The summed E-state index contributed by atoms with van der Waals surface area (Å²) in [7, 11) is 0. The molecule has 2 aromatic rings. The van der Waals surface area contributed by atoms with E-state index in [-0.39, 0.29) is 34.2 Å². The first-order valence-corrected chi connectivity index (χ1v) is 7.65. The van der Waals surface area contributed by atoms with E-state index in [2.05, 4.69) is 5.10 Å². The third-order valence-corrected chi connectivity index (χ3v) is 4.23. The molecular weight excluding hydrogens is 491 g/mol. The fraction of sp³-hybridized carbons (Fsp3) is 0.167. The van der Waals surface area contributed by atoms with Crippen molar-refractivity contribution in [1.29, 1.82) is 0 Å². The second-order valence-corrected chi connectivity index (χ2v) is 6.04. The Hall–Kier alpha value is -1.25. The van der Waals surface area contributed by atoms with E-state index in [4.69, 9.17) is 34.8 Å². The van der Waals surface area contributed by atoms with Crippen LogP contribution in [0.1, 0.15) is 5.56 Å². The molecule has 0 atom stereocenters. The summed E-state index contributed by atoms with van der Waals surface area (Å²) < 4.78 is 76.6. The van der Waals surface area contributed by atoms with Crippen molar-refractivity contribution in [2.75, 3.05) is 5.32 Å². The molecule has 0 bridgehead atoms. The van der Waals surface area contributed by atoms with Gasteiger partial charge in [-0.05, 0) is 6.07 Å². The summed E-state index contributed by atoms with van der Waals surface area (Å²) in [4.78, 5) is 21.0. The number of anilines is 1. The summed E-state index contributed by atoms with van der Waals surface area (Å²) in [5, 5.41) is 12.8. The van der Waals surface area contributed by atoms with Crippen LogP contribution >= 0.6 is 34.8 Å². The van der Waals surface area contributed by atoms with Gasteiger partial charge in [0.15, 0.2) is 0 Å². The minimum absolute atomic E-state index is 0. The van der Waals surface area contributed by atoms with Crippen LogP contribution in [0.25, 0.3) is 5.69 Å². The first-order chi connectivity index (χ1) is 12.7. The normalized spacial score (nSPS) is 11.8. The molecule has 0 saturated carbocycles. The van der Waals surface area contributed by atoms with Crippen molar-refractivity contribution in [2.24, 2.45) is 0 Å². The molecule has 17 heteroatoms. The maximum atomic E-state index is 12.9. The van der Waals surface area contributed by atoms with Crippen molar-refractivity contribution in [1.82, 2.24) is 9.78 Å². The summed E-state index contributed by atoms with van der Waals surface area (Å²) >= 11 is 17.0. The van der Waals surface area contributed by atoms with Crippen LogP contribution < -0.4 is 5.32 Å². The van der Waals surface area contributed by atoms with Crippen LogP contribution in [-0.2, 0) is 11.0 Å². The molecule has 1 N–H and O–H groups in total. The van der Waals surface area contributed by atoms with Gasteiger partial charge in [0.2, 0.25) is 5.82 Å². The zero-order valence-corrected chi connectivity index (χ0v) is 14.9. The predicted octanol–water partition coefficient (Wildman–Crippen LogP) is 4.61. The van der Waals surface area contributed by atoms with Crippen molar-refractivity contribution in [3.05, 3.63) is 43.0 Å². The molecule has 154 valence electrons. The number of halogens is 9. The van der Waals surface area contributed by atoms with E-state index >= 15 is 0 Å². The van der Waals surface area contributed by atoms with E-state index in [1.165, 1.54) is 5.32 Å². The molecule has 0 unspecified atom stereocenters. The van der Waals surface area contributed by atoms with Crippen LogP contribution in [0.2, 0.25) is 15.1 Å². The number of rotatable bonds is 3. The van der Waals surface area contributed by atoms with Gasteiger partial charge in [-0.15, -0.1) is 0 Å². The van der Waals surface area contributed by atoms with Crippen LogP contribution in [-0.4, -0.2) is 56.3 Å². The third-order valence-electron chi connectivity index (χ3n) is 3.09. The van der Waals surface area contributed by atoms with E-state index < -0.39 is 61.0 Å². The summed E-state index contributed by atoms with van der Waals surface area (Å²) in [6, 6.07) is 0.300. The predicted molar refractivity (Wildman–Crippen MR) is 92.1 cm³/mol. The number of amides is 1. The van der Waals surface area contributed by atoms with Gasteiger partial charge in [-0.2, -0.15) is 31.4 Å². The monoisotopic (exact) mass is 494 g/mol. The number of nitrogens with one attached hydrogen (secondary N) is 1. The number of hydrogen-bond acceptors (Lipinski definition) is 4. The molecule has 29 heavy (non-hydrogen) atoms. The molecule has 0 aliphatic heterocycles. The van der Waals surface area contributed by atoms with Gasteiger partial charge >= 0.3 is 53.5 Å². The molecule has 1 aromatic heterocycles. The Balaban J connectivity index is 0.00000420. The van der Waals surface area contributed by atoms with Crippen LogP contribution in [0.5, 0.6) is 0 Å². The topological polar surface area (TPSA) is 90.1 Å². The van der Waals surface area contributed by atoms with Gasteiger partial charge in [-0.1, -0.05) is 34.8 Å².